The maximum atomic E-state index is 12.5. The maximum Gasteiger partial charge on any atom is 0.416 e. The lowest BCUT2D eigenvalue weighted by Crippen LogP contribution is -2.17. The molecule has 0 spiro atoms. The number of nitrogens with one attached hydrogen (secondary N) is 1. The van der Waals surface area contributed by atoms with Gasteiger partial charge in [-0.05, 0) is 24.8 Å². The van der Waals surface area contributed by atoms with Crippen LogP contribution in [-0.2, 0) is 19.0 Å². The molecule has 2 rings (SSSR count). The number of H-pyrrole nitrogens is 1. The molecule has 0 saturated carbocycles. The molecule has 0 unspecified atom stereocenters. The highest BCUT2D eigenvalue weighted by atomic mass is 19.4. The molecule has 2 nitrogen and oxygen atoms in total. The third kappa shape index (κ3) is 1.42. The lowest BCUT2D eigenvalue weighted by Gasteiger charge is -2.10. The molecule has 0 aliphatic heterocycles. The van der Waals surface area contributed by atoms with Crippen LogP contribution in [0.3, 0.4) is 0 Å². The molecule has 1 heterocycles. The number of aromatic nitrogens is 1. The van der Waals surface area contributed by atoms with Gasteiger partial charge in [0.05, 0.1) is 5.56 Å². The van der Waals surface area contributed by atoms with Crippen molar-refractivity contribution in [2.45, 2.75) is 25.4 Å². The zero-order chi connectivity index (χ0) is 10.3. The van der Waals surface area contributed by atoms with Crippen molar-refractivity contribution < 1.29 is 13.2 Å². The van der Waals surface area contributed by atoms with E-state index in [0.29, 0.717) is 31.0 Å². The summed E-state index contributed by atoms with van der Waals surface area (Å²) in [5.74, 6) is 0. The monoisotopic (exact) mass is 203 g/mol. The van der Waals surface area contributed by atoms with Gasteiger partial charge in [0.1, 0.15) is 0 Å². The Morgan fingerprint density at radius 3 is 2.64 bits per heavy atom. The molecule has 1 aromatic heterocycles. The van der Waals surface area contributed by atoms with Crippen LogP contribution in [0.25, 0.3) is 0 Å². The van der Waals surface area contributed by atoms with Crippen LogP contribution in [-0.4, -0.2) is 4.98 Å². The number of alkyl halides is 3. The number of aromatic amines is 1. The van der Waals surface area contributed by atoms with Crippen LogP contribution in [0.4, 0.5) is 13.2 Å². The number of fused-ring (bicyclic) bond motifs is 1. The van der Waals surface area contributed by atoms with Gasteiger partial charge in [-0.1, -0.05) is 0 Å². The van der Waals surface area contributed by atoms with E-state index >= 15 is 0 Å². The molecular formula is C9H8F3NO. The van der Waals surface area contributed by atoms with Gasteiger partial charge in [0.2, 0.25) is 5.56 Å². The van der Waals surface area contributed by atoms with Gasteiger partial charge in [-0.15, -0.1) is 0 Å². The van der Waals surface area contributed by atoms with Crippen molar-refractivity contribution in [1.29, 1.82) is 0 Å². The highest BCUT2D eigenvalue weighted by Gasteiger charge is 2.35. The maximum absolute atomic E-state index is 12.5. The summed E-state index contributed by atoms with van der Waals surface area (Å²) in [7, 11) is 0. The SMILES string of the molecule is O=c1cc(C(F)(F)F)c2c([nH]1)CCC2. The molecular weight excluding hydrogens is 195 g/mol. The van der Waals surface area contributed by atoms with E-state index in [2.05, 4.69) is 4.98 Å². The van der Waals surface area contributed by atoms with Gasteiger partial charge in [-0.3, -0.25) is 4.79 Å². The van der Waals surface area contributed by atoms with Crippen molar-refractivity contribution >= 4 is 0 Å². The predicted octanol–water partition coefficient (Wildman–Crippen LogP) is 1.88. The normalized spacial score (nSPS) is 15.6. The fourth-order valence-corrected chi connectivity index (χ4v) is 1.83. The molecule has 1 aliphatic rings. The van der Waals surface area contributed by atoms with Crippen molar-refractivity contribution in [3.8, 4) is 0 Å². The van der Waals surface area contributed by atoms with Crippen LogP contribution >= 0.6 is 0 Å². The predicted molar refractivity (Wildman–Crippen MR) is 44.1 cm³/mol. The number of pyridine rings is 1. The van der Waals surface area contributed by atoms with Gasteiger partial charge in [-0.2, -0.15) is 13.2 Å². The Kier molecular flexibility index (Phi) is 1.90. The van der Waals surface area contributed by atoms with Gasteiger partial charge < -0.3 is 4.98 Å². The van der Waals surface area contributed by atoms with Crippen LogP contribution in [0.1, 0.15) is 23.2 Å². The third-order valence-corrected chi connectivity index (χ3v) is 2.40. The van der Waals surface area contributed by atoms with Gasteiger partial charge in [0.25, 0.3) is 0 Å². The van der Waals surface area contributed by atoms with Gasteiger partial charge >= 0.3 is 6.18 Å². The molecule has 1 aliphatic carbocycles. The quantitative estimate of drug-likeness (QED) is 0.686. The van der Waals surface area contributed by atoms with E-state index in [0.717, 1.165) is 0 Å². The van der Waals surface area contributed by atoms with E-state index < -0.39 is 17.3 Å². The molecule has 0 amide bonds. The molecule has 0 radical (unpaired) electrons. The van der Waals surface area contributed by atoms with E-state index in [-0.39, 0.29) is 5.56 Å². The van der Waals surface area contributed by atoms with Gasteiger partial charge in [0, 0.05) is 11.8 Å². The first-order valence-electron chi connectivity index (χ1n) is 4.31. The zero-order valence-corrected chi connectivity index (χ0v) is 7.24. The minimum Gasteiger partial charge on any atom is -0.326 e. The van der Waals surface area contributed by atoms with Crippen molar-refractivity contribution in [3.05, 3.63) is 33.2 Å². The van der Waals surface area contributed by atoms with E-state index in [1.54, 1.807) is 0 Å². The second-order valence-corrected chi connectivity index (χ2v) is 3.36. The number of hydrogen-bond donors (Lipinski definition) is 1. The lowest BCUT2D eigenvalue weighted by molar-refractivity contribution is -0.138. The first kappa shape index (κ1) is 9.30. The molecule has 0 atom stereocenters. The molecule has 0 aromatic carbocycles. The molecule has 76 valence electrons. The van der Waals surface area contributed by atoms with Crippen molar-refractivity contribution in [3.63, 3.8) is 0 Å². The van der Waals surface area contributed by atoms with Crippen molar-refractivity contribution in [2.24, 2.45) is 0 Å². The second kappa shape index (κ2) is 2.87. The molecule has 14 heavy (non-hydrogen) atoms. The molecule has 0 bridgehead atoms. The molecule has 5 heteroatoms. The number of hydrogen-bond acceptors (Lipinski definition) is 1. The summed E-state index contributed by atoms with van der Waals surface area (Å²) in [5.41, 5.74) is -0.728. The number of aryl methyl sites for hydroxylation is 1. The first-order valence-corrected chi connectivity index (χ1v) is 4.31. The van der Waals surface area contributed by atoms with E-state index in [1.165, 1.54) is 0 Å². The summed E-state index contributed by atoms with van der Waals surface area (Å²) in [5, 5.41) is 0. The van der Waals surface area contributed by atoms with Gasteiger partial charge in [-0.25, -0.2) is 0 Å². The Balaban J connectivity index is 2.66. The Labute approximate surface area is 77.8 Å². The number of halogens is 3. The van der Waals surface area contributed by atoms with E-state index in [4.69, 9.17) is 0 Å². The summed E-state index contributed by atoms with van der Waals surface area (Å²) in [6.45, 7) is 0. The Bertz CT molecular complexity index is 419. The highest BCUT2D eigenvalue weighted by molar-refractivity contribution is 5.35. The summed E-state index contributed by atoms with van der Waals surface area (Å²) in [6, 6.07) is 0.643. The molecule has 0 fully saturated rings. The summed E-state index contributed by atoms with van der Waals surface area (Å²) < 4.78 is 37.4. The number of rotatable bonds is 0. The van der Waals surface area contributed by atoms with E-state index in [1.807, 2.05) is 0 Å². The fraction of sp³-hybridized carbons (Fsp3) is 0.444. The minimum absolute atomic E-state index is 0.261. The van der Waals surface area contributed by atoms with Gasteiger partial charge in [0.15, 0.2) is 0 Å². The third-order valence-electron chi connectivity index (χ3n) is 2.40. The zero-order valence-electron chi connectivity index (χ0n) is 7.24. The molecule has 1 aromatic rings. The van der Waals surface area contributed by atoms with Crippen molar-refractivity contribution in [1.82, 2.24) is 4.98 Å². The Morgan fingerprint density at radius 2 is 2.00 bits per heavy atom. The smallest absolute Gasteiger partial charge is 0.326 e. The van der Waals surface area contributed by atoms with Crippen LogP contribution < -0.4 is 5.56 Å². The van der Waals surface area contributed by atoms with Crippen LogP contribution in [0, 0.1) is 0 Å². The van der Waals surface area contributed by atoms with E-state index in [9.17, 15) is 18.0 Å². The van der Waals surface area contributed by atoms with Crippen LogP contribution in [0.5, 0.6) is 0 Å². The second-order valence-electron chi connectivity index (χ2n) is 3.36. The molecule has 1 N–H and O–H groups in total. The Morgan fingerprint density at radius 1 is 1.29 bits per heavy atom. The summed E-state index contributed by atoms with van der Waals surface area (Å²) in [4.78, 5) is 13.4. The minimum atomic E-state index is -4.41. The van der Waals surface area contributed by atoms with Crippen LogP contribution in [0.2, 0.25) is 0 Å². The Hall–Kier alpha value is -1.26. The fourth-order valence-electron chi connectivity index (χ4n) is 1.83. The largest absolute Gasteiger partial charge is 0.416 e. The average molecular weight is 203 g/mol. The topological polar surface area (TPSA) is 32.9 Å². The molecule has 0 saturated heterocycles. The standard InChI is InChI=1S/C9H8F3NO/c10-9(11,12)6-4-8(14)13-7-3-1-2-5(6)7/h4H,1-3H2,(H,13,14). The average Bonchev–Trinajstić information content (AvgIpc) is 2.47. The van der Waals surface area contributed by atoms with Crippen LogP contribution in [0.15, 0.2) is 10.9 Å². The summed E-state index contributed by atoms with van der Waals surface area (Å²) in [6.07, 6.45) is -2.80. The summed E-state index contributed by atoms with van der Waals surface area (Å²) >= 11 is 0. The first-order chi connectivity index (χ1) is 6.48. The van der Waals surface area contributed by atoms with Crippen molar-refractivity contribution in [2.75, 3.05) is 0 Å². The highest BCUT2D eigenvalue weighted by Crippen LogP contribution is 2.34. The lowest BCUT2D eigenvalue weighted by atomic mass is 10.1.